The summed E-state index contributed by atoms with van der Waals surface area (Å²) < 4.78 is 11.4. The number of morpholine rings is 1. The Labute approximate surface area is 216 Å². The summed E-state index contributed by atoms with van der Waals surface area (Å²) in [6, 6.07) is 7.29. The molecule has 1 fully saturated rings. The second-order valence-electron chi connectivity index (χ2n) is 8.80. The van der Waals surface area contributed by atoms with Crippen LogP contribution in [0.4, 0.5) is 10.6 Å². The van der Waals surface area contributed by atoms with E-state index in [-0.39, 0.29) is 18.0 Å². The first-order chi connectivity index (χ1) is 17.4. The molecule has 1 unspecified atom stereocenters. The lowest BCUT2D eigenvalue weighted by Crippen LogP contribution is -2.43. The Bertz CT molecular complexity index is 1120. The van der Waals surface area contributed by atoms with Gasteiger partial charge in [-0.15, -0.1) is 0 Å². The second kappa shape index (κ2) is 12.2. The highest BCUT2D eigenvalue weighted by Crippen LogP contribution is 2.29. The molecule has 3 amide bonds. The fourth-order valence-corrected chi connectivity index (χ4v) is 4.46. The van der Waals surface area contributed by atoms with Crippen LogP contribution in [-0.2, 0) is 22.6 Å². The summed E-state index contributed by atoms with van der Waals surface area (Å²) in [5, 5.41) is 6.68. The standard InChI is InChI=1S/C26H32ClN5O4/c1-3-35-24-19(5-4-6-22(24)27)16-31(2)23(33)8-7-18-13-20-17-32(26(34)30-25(20)29-14-18)11-9-21-15-28-10-12-36-21/h4-8,13-14,21,28H,3,9-12,15-17H2,1-2H3,(H,29,30,34). The third kappa shape index (κ3) is 6.54. The summed E-state index contributed by atoms with van der Waals surface area (Å²) in [6.45, 7) is 6.15. The molecule has 10 heteroatoms. The average Bonchev–Trinajstić information content (AvgIpc) is 2.88. The van der Waals surface area contributed by atoms with Crippen molar-refractivity contribution < 1.29 is 19.1 Å². The highest BCUT2D eigenvalue weighted by atomic mass is 35.5. The molecule has 1 saturated heterocycles. The van der Waals surface area contributed by atoms with Crippen molar-refractivity contribution in [3.8, 4) is 5.75 Å². The molecular formula is C26H32ClN5O4. The van der Waals surface area contributed by atoms with E-state index in [4.69, 9.17) is 21.1 Å². The number of fused-ring (bicyclic) bond motifs is 1. The van der Waals surface area contributed by atoms with Gasteiger partial charge in [-0.25, -0.2) is 9.78 Å². The Morgan fingerprint density at radius 1 is 1.42 bits per heavy atom. The number of carbonyl (C=O) groups excluding carboxylic acids is 2. The maximum atomic E-state index is 12.8. The number of likely N-dealkylation sites (N-methyl/N-ethyl adjacent to an activating group) is 1. The van der Waals surface area contributed by atoms with E-state index in [1.165, 1.54) is 6.08 Å². The number of hydrogen-bond acceptors (Lipinski definition) is 6. The van der Waals surface area contributed by atoms with Crippen LogP contribution in [-0.4, -0.2) is 72.7 Å². The zero-order valence-corrected chi connectivity index (χ0v) is 21.4. The first kappa shape index (κ1) is 25.9. The van der Waals surface area contributed by atoms with Crippen LogP contribution in [0.1, 0.15) is 30.0 Å². The summed E-state index contributed by atoms with van der Waals surface area (Å²) in [7, 11) is 1.73. The van der Waals surface area contributed by atoms with Gasteiger partial charge in [0, 0.05) is 56.6 Å². The van der Waals surface area contributed by atoms with Gasteiger partial charge in [-0.3, -0.25) is 10.1 Å². The van der Waals surface area contributed by atoms with E-state index < -0.39 is 0 Å². The van der Waals surface area contributed by atoms with E-state index in [1.807, 2.05) is 25.1 Å². The van der Waals surface area contributed by atoms with Gasteiger partial charge in [0.2, 0.25) is 5.91 Å². The molecule has 36 heavy (non-hydrogen) atoms. The number of carbonyl (C=O) groups is 2. The predicted molar refractivity (Wildman–Crippen MR) is 139 cm³/mol. The van der Waals surface area contributed by atoms with Crippen molar-refractivity contribution in [2.75, 3.05) is 45.2 Å². The first-order valence-electron chi connectivity index (χ1n) is 12.1. The molecule has 192 valence electrons. The minimum Gasteiger partial charge on any atom is -0.492 e. The number of anilines is 1. The Morgan fingerprint density at radius 2 is 2.28 bits per heavy atom. The summed E-state index contributed by atoms with van der Waals surface area (Å²) in [5.41, 5.74) is 2.53. The Morgan fingerprint density at radius 3 is 3.06 bits per heavy atom. The largest absolute Gasteiger partial charge is 0.492 e. The molecule has 2 aliphatic rings. The van der Waals surface area contributed by atoms with Gasteiger partial charge in [0.1, 0.15) is 11.6 Å². The number of ether oxygens (including phenoxy) is 2. The molecule has 3 heterocycles. The Kier molecular flexibility index (Phi) is 8.79. The maximum absolute atomic E-state index is 12.8. The number of pyridine rings is 1. The highest BCUT2D eigenvalue weighted by Gasteiger charge is 2.25. The van der Waals surface area contributed by atoms with Crippen molar-refractivity contribution in [2.24, 2.45) is 0 Å². The molecule has 0 spiro atoms. The molecule has 0 aliphatic carbocycles. The zero-order chi connectivity index (χ0) is 25.5. The number of rotatable bonds is 9. The molecule has 4 rings (SSSR count). The number of nitrogens with one attached hydrogen (secondary N) is 2. The van der Waals surface area contributed by atoms with Crippen molar-refractivity contribution in [3.05, 3.63) is 58.3 Å². The molecule has 1 aromatic heterocycles. The van der Waals surface area contributed by atoms with Crippen molar-refractivity contribution in [3.63, 3.8) is 0 Å². The van der Waals surface area contributed by atoms with E-state index in [0.29, 0.717) is 49.4 Å². The molecule has 2 aromatic rings. The fourth-order valence-electron chi connectivity index (χ4n) is 4.21. The minimum absolute atomic E-state index is 0.111. The number of amides is 3. The lowest BCUT2D eigenvalue weighted by atomic mass is 10.1. The number of benzene rings is 1. The average molecular weight is 514 g/mol. The van der Waals surface area contributed by atoms with Crippen LogP contribution in [0.5, 0.6) is 5.75 Å². The lowest BCUT2D eigenvalue weighted by Gasteiger charge is -2.31. The van der Waals surface area contributed by atoms with Gasteiger partial charge in [0.05, 0.1) is 30.9 Å². The van der Waals surface area contributed by atoms with Crippen LogP contribution < -0.4 is 15.4 Å². The Balaban J connectivity index is 1.37. The molecule has 0 bridgehead atoms. The Hall–Kier alpha value is -3.14. The summed E-state index contributed by atoms with van der Waals surface area (Å²) >= 11 is 6.26. The number of halogens is 1. The van der Waals surface area contributed by atoms with Gasteiger partial charge in [0.15, 0.2) is 0 Å². The number of nitrogens with zero attached hydrogens (tertiary/aromatic N) is 3. The van der Waals surface area contributed by atoms with Crippen molar-refractivity contribution >= 4 is 35.4 Å². The normalized spacial score (nSPS) is 17.6. The number of hydrogen-bond donors (Lipinski definition) is 2. The topological polar surface area (TPSA) is 96.0 Å². The van der Waals surface area contributed by atoms with Crippen LogP contribution >= 0.6 is 11.6 Å². The third-order valence-corrected chi connectivity index (χ3v) is 6.42. The van der Waals surface area contributed by atoms with E-state index in [9.17, 15) is 9.59 Å². The predicted octanol–water partition coefficient (Wildman–Crippen LogP) is 3.53. The molecule has 2 N–H and O–H groups in total. The van der Waals surface area contributed by atoms with Gasteiger partial charge < -0.3 is 24.6 Å². The summed E-state index contributed by atoms with van der Waals surface area (Å²) in [5.74, 6) is 0.991. The minimum atomic E-state index is -0.161. The van der Waals surface area contributed by atoms with Crippen LogP contribution in [0.25, 0.3) is 6.08 Å². The molecule has 9 nitrogen and oxygen atoms in total. The third-order valence-electron chi connectivity index (χ3n) is 6.13. The van der Waals surface area contributed by atoms with Gasteiger partial charge >= 0.3 is 6.03 Å². The van der Waals surface area contributed by atoms with E-state index in [0.717, 1.165) is 36.2 Å². The lowest BCUT2D eigenvalue weighted by molar-refractivity contribution is -0.125. The van der Waals surface area contributed by atoms with Crippen LogP contribution in [0, 0.1) is 0 Å². The number of para-hydroxylation sites is 1. The van der Waals surface area contributed by atoms with Crippen molar-refractivity contribution in [2.45, 2.75) is 32.5 Å². The van der Waals surface area contributed by atoms with Crippen molar-refractivity contribution in [1.82, 2.24) is 20.1 Å². The molecular weight excluding hydrogens is 482 g/mol. The SMILES string of the molecule is CCOc1c(Cl)cccc1CN(C)C(=O)C=Cc1cnc2c(c1)CN(CCC1CNCCO1)C(=O)N2. The van der Waals surface area contributed by atoms with E-state index >= 15 is 0 Å². The van der Waals surface area contributed by atoms with Gasteiger partial charge in [-0.2, -0.15) is 0 Å². The van der Waals surface area contributed by atoms with Gasteiger partial charge in [-0.05, 0) is 37.1 Å². The maximum Gasteiger partial charge on any atom is 0.323 e. The number of aromatic nitrogens is 1. The molecule has 1 aromatic carbocycles. The molecule has 2 aliphatic heterocycles. The quantitative estimate of drug-likeness (QED) is 0.498. The molecule has 0 radical (unpaired) electrons. The number of urea groups is 1. The van der Waals surface area contributed by atoms with E-state index in [1.54, 1.807) is 35.2 Å². The van der Waals surface area contributed by atoms with Gasteiger partial charge in [-0.1, -0.05) is 23.7 Å². The van der Waals surface area contributed by atoms with E-state index in [2.05, 4.69) is 15.6 Å². The van der Waals surface area contributed by atoms with Crippen LogP contribution in [0.2, 0.25) is 5.02 Å². The molecule has 0 saturated carbocycles. The van der Waals surface area contributed by atoms with Crippen molar-refractivity contribution in [1.29, 1.82) is 0 Å². The fraction of sp³-hybridized carbons (Fsp3) is 0.423. The van der Waals surface area contributed by atoms with Gasteiger partial charge in [0.25, 0.3) is 0 Å². The summed E-state index contributed by atoms with van der Waals surface area (Å²) in [4.78, 5) is 33.0. The zero-order valence-electron chi connectivity index (χ0n) is 20.6. The van der Waals surface area contributed by atoms with Crippen LogP contribution in [0.15, 0.2) is 36.5 Å². The summed E-state index contributed by atoms with van der Waals surface area (Å²) in [6.07, 6.45) is 5.77. The smallest absolute Gasteiger partial charge is 0.323 e. The first-order valence-corrected chi connectivity index (χ1v) is 12.5. The monoisotopic (exact) mass is 513 g/mol. The second-order valence-corrected chi connectivity index (χ2v) is 9.21. The molecule has 1 atom stereocenters. The highest BCUT2D eigenvalue weighted by molar-refractivity contribution is 6.32. The van der Waals surface area contributed by atoms with Crippen LogP contribution in [0.3, 0.4) is 0 Å².